The van der Waals surface area contributed by atoms with Gasteiger partial charge < -0.3 is 28.1 Å². The Labute approximate surface area is 137 Å². The number of rotatable bonds is 0. The van der Waals surface area contributed by atoms with Gasteiger partial charge in [-0.05, 0) is 0 Å². The molecule has 0 rings (SSSR count). The Kier molecular flexibility index (Phi) is 39.6. The minimum absolute atomic E-state index is 0. The first-order valence-corrected chi connectivity index (χ1v) is 3.67. The van der Waals surface area contributed by atoms with E-state index >= 15 is 0 Å². The molecule has 0 N–H and O–H groups in total. The molecule has 0 unspecified atom stereocenters. The molecule has 0 aromatic carbocycles. The summed E-state index contributed by atoms with van der Waals surface area (Å²) in [5.41, 5.74) is 0. The van der Waals surface area contributed by atoms with Crippen LogP contribution in [0.15, 0.2) is 0 Å². The van der Waals surface area contributed by atoms with Gasteiger partial charge in [0.05, 0.1) is 0 Å². The Hall–Kier alpha value is 2.29. The van der Waals surface area contributed by atoms with Crippen LogP contribution < -0.4 is 19.2 Å². The second kappa shape index (κ2) is 17.4. The summed E-state index contributed by atoms with van der Waals surface area (Å²) in [6, 6.07) is 0. The Bertz CT molecular complexity index is 73.7. The second-order valence-corrected chi connectivity index (χ2v) is 1.50. The van der Waals surface area contributed by atoms with Crippen molar-refractivity contribution in [1.82, 2.24) is 0 Å². The average Bonchev–Trinajstić information content (AvgIpc) is 1.25. The predicted molar refractivity (Wildman–Crippen MR) is 24.4 cm³/mol. The Morgan fingerprint density at radius 1 is 0.800 bits per heavy atom. The molecule has 0 radical (unpaired) electrons. The first-order valence-electron chi connectivity index (χ1n) is 1.22. The van der Waals surface area contributed by atoms with Gasteiger partial charge in [0.25, 0.3) is 0 Å². The van der Waals surface area contributed by atoms with Crippen molar-refractivity contribution in [2.75, 3.05) is 0 Å². The SMILES string of the molecule is O=[Si]([O-])[O-].O=[Si]([O-])[O-].[Ba+2].[Sr+2]. The maximum Gasteiger partial charge on any atom is 2.00 e. The molecule has 0 spiro atoms. The summed E-state index contributed by atoms with van der Waals surface area (Å²) in [4.78, 5) is 34.1. The van der Waals surface area contributed by atoms with Crippen LogP contribution in [0.5, 0.6) is 0 Å². The van der Waals surface area contributed by atoms with E-state index in [0.29, 0.717) is 0 Å². The molecule has 0 aliphatic carbocycles. The first-order chi connectivity index (χ1) is 3.46. The third-order valence-electron chi connectivity index (χ3n) is 0. The fourth-order valence-corrected chi connectivity index (χ4v) is 0. The third kappa shape index (κ3) is 170. The van der Waals surface area contributed by atoms with Crippen molar-refractivity contribution < 1.29 is 28.1 Å². The number of hydrogen-bond acceptors (Lipinski definition) is 6. The average molecular weight is 377 g/mol. The largest absolute Gasteiger partial charge is 2.00 e. The summed E-state index contributed by atoms with van der Waals surface area (Å²) < 4.78 is 17.0. The molecule has 0 aromatic rings. The van der Waals surface area contributed by atoms with Crippen molar-refractivity contribution in [2.24, 2.45) is 0 Å². The topological polar surface area (TPSA) is 126 Å². The summed E-state index contributed by atoms with van der Waals surface area (Å²) >= 11 is 0. The zero-order valence-corrected chi connectivity index (χ0v) is 14.8. The first kappa shape index (κ1) is 22.8. The Morgan fingerprint density at radius 3 is 0.800 bits per heavy atom. The monoisotopic (exact) mass is 378 g/mol. The van der Waals surface area contributed by atoms with E-state index in [1.54, 1.807) is 0 Å². The molecule has 10 heavy (non-hydrogen) atoms. The molecule has 0 heterocycles. The molecule has 48 valence electrons. The van der Waals surface area contributed by atoms with Gasteiger partial charge in [0.15, 0.2) is 0 Å². The van der Waals surface area contributed by atoms with Gasteiger partial charge in [0, 0.05) is 18.3 Å². The maximum absolute atomic E-state index is 8.52. The van der Waals surface area contributed by atoms with Gasteiger partial charge in [-0.3, -0.25) is 0 Å². The van der Waals surface area contributed by atoms with Crippen LogP contribution in [-0.2, 0) is 8.92 Å². The minimum Gasteiger partial charge on any atom is -0.672 e. The van der Waals surface area contributed by atoms with Crippen molar-refractivity contribution in [2.45, 2.75) is 0 Å². The molecule has 0 bridgehead atoms. The molecule has 0 aliphatic rings. The Morgan fingerprint density at radius 2 is 0.800 bits per heavy atom. The molecular formula is BaO6Si2Sr. The summed E-state index contributed by atoms with van der Waals surface area (Å²) in [7, 11) is -7.26. The van der Waals surface area contributed by atoms with Gasteiger partial charge in [-0.15, -0.1) is 0 Å². The maximum atomic E-state index is 8.52. The van der Waals surface area contributed by atoms with Crippen molar-refractivity contribution >= 4 is 113 Å². The smallest absolute Gasteiger partial charge is 0.672 e. The number of hydrogen-bond donors (Lipinski definition) is 0. The summed E-state index contributed by atoms with van der Waals surface area (Å²) in [6.45, 7) is 0. The van der Waals surface area contributed by atoms with E-state index in [9.17, 15) is 0 Å². The molecule has 0 atom stereocenters. The van der Waals surface area contributed by atoms with Gasteiger partial charge in [0.1, 0.15) is 0 Å². The summed E-state index contributed by atoms with van der Waals surface area (Å²) in [6.07, 6.45) is 0. The molecule has 0 aromatic heterocycles. The van der Waals surface area contributed by atoms with Gasteiger partial charge in [-0.2, -0.15) is 0 Å². The quantitative estimate of drug-likeness (QED) is 0.387. The van der Waals surface area contributed by atoms with E-state index in [1.807, 2.05) is 0 Å². The van der Waals surface area contributed by atoms with Crippen LogP contribution in [0.3, 0.4) is 0 Å². The van der Waals surface area contributed by atoms with E-state index in [0.717, 1.165) is 0 Å². The van der Waals surface area contributed by atoms with Crippen LogP contribution in [0.4, 0.5) is 0 Å². The van der Waals surface area contributed by atoms with E-state index in [1.165, 1.54) is 0 Å². The van der Waals surface area contributed by atoms with Crippen molar-refractivity contribution in [3.05, 3.63) is 0 Å². The zero-order chi connectivity index (χ0) is 7.15. The zero-order valence-electron chi connectivity index (χ0n) is 4.86. The van der Waals surface area contributed by atoms with Crippen molar-refractivity contribution in [3.63, 3.8) is 0 Å². The van der Waals surface area contributed by atoms with E-state index in [2.05, 4.69) is 0 Å². The predicted octanol–water partition coefficient (Wildman–Crippen LogP) is -6.52. The molecule has 6 nitrogen and oxygen atoms in total. The van der Waals surface area contributed by atoms with Gasteiger partial charge in [-0.25, -0.2) is 0 Å². The Balaban J connectivity index is -0.0000000300. The van der Waals surface area contributed by atoms with Crippen LogP contribution in [0.25, 0.3) is 0 Å². The second-order valence-electron chi connectivity index (χ2n) is 0.500. The molecule has 0 fully saturated rings. The third-order valence-corrected chi connectivity index (χ3v) is 0. The van der Waals surface area contributed by atoms with Crippen molar-refractivity contribution in [1.29, 1.82) is 0 Å². The van der Waals surface area contributed by atoms with Crippen LogP contribution in [-0.4, -0.2) is 113 Å². The molecule has 0 saturated carbocycles. The van der Waals surface area contributed by atoms with E-state index < -0.39 is 18.3 Å². The van der Waals surface area contributed by atoms with Crippen LogP contribution in [0, 0.1) is 0 Å². The van der Waals surface area contributed by atoms with Crippen LogP contribution in [0.2, 0.25) is 0 Å². The van der Waals surface area contributed by atoms with Gasteiger partial charge in [-0.1, -0.05) is 0 Å². The van der Waals surface area contributed by atoms with Gasteiger partial charge in [0.2, 0.25) is 0 Å². The van der Waals surface area contributed by atoms with Gasteiger partial charge >= 0.3 is 94.4 Å². The van der Waals surface area contributed by atoms with Crippen LogP contribution in [0.1, 0.15) is 0 Å². The standard InChI is InChI=1S/Ba.2O3Si.Sr/c;2*1-4(2)3;/q+2;2*-2;+2. The van der Waals surface area contributed by atoms with E-state index in [-0.39, 0.29) is 94.4 Å². The van der Waals surface area contributed by atoms with E-state index in [4.69, 9.17) is 28.1 Å². The molecule has 0 amide bonds. The van der Waals surface area contributed by atoms with Crippen molar-refractivity contribution in [3.8, 4) is 0 Å². The normalized spacial score (nSPS) is 4.80. The minimum atomic E-state index is -3.63. The summed E-state index contributed by atoms with van der Waals surface area (Å²) in [5, 5.41) is 0. The fraction of sp³-hybridized carbons (Fsp3) is 0. The molecule has 10 heteroatoms. The summed E-state index contributed by atoms with van der Waals surface area (Å²) in [5.74, 6) is 0. The molecule has 0 saturated heterocycles. The fourth-order valence-electron chi connectivity index (χ4n) is 0. The molecule has 0 aliphatic heterocycles. The molecular weight excluding hydrogens is 377 g/mol. The van der Waals surface area contributed by atoms with Crippen LogP contribution >= 0.6 is 0 Å².